The minimum absolute atomic E-state index is 0.0535. The zero-order valence-corrected chi connectivity index (χ0v) is 19.5. The molecule has 2 atom stereocenters. The third-order valence-electron chi connectivity index (χ3n) is 6.93. The maximum atomic E-state index is 13.7. The predicted molar refractivity (Wildman–Crippen MR) is 135 cm³/mol. The van der Waals surface area contributed by atoms with Gasteiger partial charge in [0.1, 0.15) is 29.3 Å². The number of hydrogen-bond donors (Lipinski definition) is 1. The number of phenols is 1. The summed E-state index contributed by atoms with van der Waals surface area (Å²) in [4.78, 5) is 28.6. The number of hydrazone groups is 1. The SMILES string of the molecule is O=C1C2C(c3c(O)ccc4ccccc34)=NN(c3ccc(F)cc3)C2C(=O)N1CCc1ccc(F)cc1. The number of imide groups is 1. The predicted octanol–water partition coefficient (Wildman–Crippen LogP) is 4.64. The lowest BCUT2D eigenvalue weighted by Gasteiger charge is -2.22. The molecule has 1 fully saturated rings. The number of fused-ring (bicyclic) bond motifs is 2. The molecule has 1 N–H and O–H groups in total. The van der Waals surface area contributed by atoms with Crippen LogP contribution in [0.25, 0.3) is 10.8 Å². The van der Waals surface area contributed by atoms with Gasteiger partial charge in [-0.05, 0) is 65.2 Å². The number of carbonyl (C=O) groups is 2. The van der Waals surface area contributed by atoms with Gasteiger partial charge in [0.05, 0.1) is 11.4 Å². The van der Waals surface area contributed by atoms with E-state index in [9.17, 15) is 23.5 Å². The van der Waals surface area contributed by atoms with Gasteiger partial charge in [-0.15, -0.1) is 0 Å². The molecule has 1 saturated heterocycles. The minimum Gasteiger partial charge on any atom is -0.507 e. The van der Waals surface area contributed by atoms with Gasteiger partial charge in [0.2, 0.25) is 5.91 Å². The van der Waals surface area contributed by atoms with Crippen LogP contribution in [0.3, 0.4) is 0 Å². The number of hydrogen-bond acceptors (Lipinski definition) is 5. The Balaban J connectivity index is 1.43. The van der Waals surface area contributed by atoms with Crippen molar-refractivity contribution in [3.05, 3.63) is 108 Å². The number of benzene rings is 4. The van der Waals surface area contributed by atoms with Crippen molar-refractivity contribution in [2.24, 2.45) is 11.0 Å². The number of nitrogens with zero attached hydrogens (tertiary/aromatic N) is 3. The monoisotopic (exact) mass is 497 g/mol. The van der Waals surface area contributed by atoms with Gasteiger partial charge in [-0.2, -0.15) is 5.10 Å². The van der Waals surface area contributed by atoms with E-state index in [0.717, 1.165) is 10.9 Å². The average molecular weight is 498 g/mol. The van der Waals surface area contributed by atoms with E-state index in [1.807, 2.05) is 24.3 Å². The minimum atomic E-state index is -0.973. The Labute approximate surface area is 211 Å². The van der Waals surface area contributed by atoms with E-state index in [-0.39, 0.29) is 23.8 Å². The molecule has 2 heterocycles. The summed E-state index contributed by atoms with van der Waals surface area (Å²) in [6, 6.07) is 21.2. The zero-order valence-electron chi connectivity index (χ0n) is 19.5. The van der Waals surface area contributed by atoms with Crippen molar-refractivity contribution in [3.63, 3.8) is 0 Å². The fraction of sp³-hybridized carbons (Fsp3) is 0.138. The number of rotatable bonds is 5. The molecule has 0 spiro atoms. The molecule has 2 unspecified atom stereocenters. The van der Waals surface area contributed by atoms with Gasteiger partial charge in [0, 0.05) is 12.1 Å². The van der Waals surface area contributed by atoms with Crippen LogP contribution in [0.5, 0.6) is 5.75 Å². The first kappa shape index (κ1) is 22.8. The Bertz CT molecular complexity index is 1570. The average Bonchev–Trinajstić information content (AvgIpc) is 3.40. The third-order valence-corrected chi connectivity index (χ3v) is 6.93. The molecule has 8 heteroatoms. The summed E-state index contributed by atoms with van der Waals surface area (Å²) in [6.07, 6.45) is 0.361. The van der Waals surface area contributed by atoms with Gasteiger partial charge in [-0.3, -0.25) is 19.5 Å². The Morgan fingerprint density at radius 2 is 1.49 bits per heavy atom. The standard InChI is InChI=1S/C29H21F2N3O3/c30-19-8-5-17(6-9-19)15-16-33-28(36)25-26(24-22-4-2-1-3-18(22)7-14-23(24)35)32-34(27(25)29(33)37)21-12-10-20(31)11-13-21/h1-14,25,27,35H,15-16H2. The molecule has 0 aliphatic carbocycles. The maximum Gasteiger partial charge on any atom is 0.255 e. The first-order valence-corrected chi connectivity index (χ1v) is 11.9. The number of amides is 2. The number of likely N-dealkylation sites (tertiary alicyclic amines) is 1. The van der Waals surface area contributed by atoms with Crippen LogP contribution in [-0.4, -0.2) is 40.1 Å². The topological polar surface area (TPSA) is 73.2 Å². The highest BCUT2D eigenvalue weighted by Crippen LogP contribution is 2.41. The molecule has 0 radical (unpaired) electrons. The van der Waals surface area contributed by atoms with E-state index < -0.39 is 29.6 Å². The quantitative estimate of drug-likeness (QED) is 0.408. The van der Waals surface area contributed by atoms with E-state index >= 15 is 0 Å². The second kappa shape index (κ2) is 8.81. The molecule has 2 aliphatic rings. The van der Waals surface area contributed by atoms with Crippen LogP contribution in [0.1, 0.15) is 11.1 Å². The van der Waals surface area contributed by atoms with E-state index in [1.165, 1.54) is 46.3 Å². The largest absolute Gasteiger partial charge is 0.507 e. The smallest absolute Gasteiger partial charge is 0.255 e. The molecule has 4 aromatic rings. The summed E-state index contributed by atoms with van der Waals surface area (Å²) in [5.74, 6) is -2.67. The van der Waals surface area contributed by atoms with Crippen LogP contribution in [-0.2, 0) is 16.0 Å². The Morgan fingerprint density at radius 1 is 0.811 bits per heavy atom. The summed E-state index contributed by atoms with van der Waals surface area (Å²) in [6.45, 7) is 0.113. The lowest BCUT2D eigenvalue weighted by Crippen LogP contribution is -2.39. The molecule has 37 heavy (non-hydrogen) atoms. The van der Waals surface area contributed by atoms with Crippen molar-refractivity contribution in [1.82, 2.24) is 4.90 Å². The summed E-state index contributed by atoms with van der Waals surface area (Å²) in [5.41, 5.74) is 1.91. The lowest BCUT2D eigenvalue weighted by molar-refractivity contribution is -0.139. The van der Waals surface area contributed by atoms with E-state index in [4.69, 9.17) is 0 Å². The molecule has 4 aromatic carbocycles. The van der Waals surface area contributed by atoms with Crippen molar-refractivity contribution >= 4 is 34.0 Å². The number of anilines is 1. The zero-order chi connectivity index (χ0) is 25.7. The molecule has 0 bridgehead atoms. The number of aromatic hydroxyl groups is 1. The summed E-state index contributed by atoms with van der Waals surface area (Å²) < 4.78 is 27.0. The Hall–Kier alpha value is -4.59. The van der Waals surface area contributed by atoms with E-state index in [1.54, 1.807) is 24.3 Å². The molecule has 0 saturated carbocycles. The first-order valence-electron chi connectivity index (χ1n) is 11.9. The molecular formula is C29H21F2N3O3. The number of halogens is 2. The van der Waals surface area contributed by atoms with Crippen molar-refractivity contribution in [1.29, 1.82) is 0 Å². The summed E-state index contributed by atoms with van der Waals surface area (Å²) in [7, 11) is 0. The fourth-order valence-electron chi connectivity index (χ4n) is 5.13. The molecule has 0 aromatic heterocycles. The molecule has 2 aliphatic heterocycles. The highest BCUT2D eigenvalue weighted by atomic mass is 19.1. The van der Waals surface area contributed by atoms with Gasteiger partial charge in [0.15, 0.2) is 0 Å². The second-order valence-corrected chi connectivity index (χ2v) is 9.11. The Morgan fingerprint density at radius 3 is 2.22 bits per heavy atom. The van der Waals surface area contributed by atoms with E-state index in [0.29, 0.717) is 23.1 Å². The molecule has 6 nitrogen and oxygen atoms in total. The van der Waals surface area contributed by atoms with Crippen LogP contribution in [0.4, 0.5) is 14.5 Å². The van der Waals surface area contributed by atoms with E-state index in [2.05, 4.69) is 5.10 Å². The summed E-state index contributed by atoms with van der Waals surface area (Å²) >= 11 is 0. The van der Waals surface area contributed by atoms with Crippen molar-refractivity contribution in [2.45, 2.75) is 12.5 Å². The van der Waals surface area contributed by atoms with Crippen LogP contribution in [0.15, 0.2) is 90.0 Å². The van der Waals surface area contributed by atoms with Crippen molar-refractivity contribution in [3.8, 4) is 5.75 Å². The van der Waals surface area contributed by atoms with Gasteiger partial charge in [-0.1, -0.05) is 42.5 Å². The number of phenolic OH excluding ortho intramolecular Hbond substituents is 1. The van der Waals surface area contributed by atoms with Crippen LogP contribution in [0.2, 0.25) is 0 Å². The highest BCUT2D eigenvalue weighted by Gasteiger charge is 2.57. The van der Waals surface area contributed by atoms with Gasteiger partial charge in [-0.25, -0.2) is 8.78 Å². The number of carbonyl (C=O) groups excluding carboxylic acids is 2. The first-order chi connectivity index (χ1) is 17.9. The molecule has 6 rings (SSSR count). The van der Waals surface area contributed by atoms with Gasteiger partial charge in [0.25, 0.3) is 5.91 Å². The molecular weight excluding hydrogens is 476 g/mol. The normalized spacial score (nSPS) is 19.0. The fourth-order valence-corrected chi connectivity index (χ4v) is 5.13. The third kappa shape index (κ3) is 3.81. The second-order valence-electron chi connectivity index (χ2n) is 9.11. The summed E-state index contributed by atoms with van der Waals surface area (Å²) in [5, 5.41) is 18.5. The van der Waals surface area contributed by atoms with Gasteiger partial charge >= 0.3 is 0 Å². The van der Waals surface area contributed by atoms with Crippen LogP contribution < -0.4 is 5.01 Å². The molecule has 184 valence electrons. The van der Waals surface area contributed by atoms with Crippen molar-refractivity contribution in [2.75, 3.05) is 11.6 Å². The Kier molecular flexibility index (Phi) is 5.44. The lowest BCUT2D eigenvalue weighted by atomic mass is 9.89. The van der Waals surface area contributed by atoms with Crippen LogP contribution in [0, 0.1) is 17.6 Å². The van der Waals surface area contributed by atoms with Gasteiger partial charge < -0.3 is 5.11 Å². The van der Waals surface area contributed by atoms with Crippen LogP contribution >= 0.6 is 0 Å². The maximum absolute atomic E-state index is 13.7. The van der Waals surface area contributed by atoms with Crippen molar-refractivity contribution < 1.29 is 23.5 Å². The highest BCUT2D eigenvalue weighted by molar-refractivity contribution is 6.28. The molecule has 2 amide bonds.